The summed E-state index contributed by atoms with van der Waals surface area (Å²) in [5.74, 6) is 0. The predicted octanol–water partition coefficient (Wildman–Crippen LogP) is 3.98. The van der Waals surface area contributed by atoms with Gasteiger partial charge in [-0.05, 0) is 36.6 Å². The lowest BCUT2D eigenvalue weighted by Gasteiger charge is -2.26. The van der Waals surface area contributed by atoms with Crippen molar-refractivity contribution in [1.82, 2.24) is 5.32 Å². The van der Waals surface area contributed by atoms with Gasteiger partial charge < -0.3 is 5.32 Å². The van der Waals surface area contributed by atoms with Crippen LogP contribution >= 0.6 is 0 Å². The molecule has 0 saturated carbocycles. The monoisotopic (exact) mass is 259 g/mol. The zero-order valence-electron chi connectivity index (χ0n) is 11.1. The highest BCUT2D eigenvalue weighted by Crippen LogP contribution is 2.33. The summed E-state index contributed by atoms with van der Waals surface area (Å²) >= 11 is 0. The largest absolute Gasteiger partial charge is 0.416 e. The van der Waals surface area contributed by atoms with Crippen LogP contribution in [-0.2, 0) is 11.6 Å². The maximum atomic E-state index is 12.7. The van der Waals surface area contributed by atoms with Crippen LogP contribution in [0, 0.1) is 0 Å². The van der Waals surface area contributed by atoms with Crippen molar-refractivity contribution in [3.05, 3.63) is 35.4 Å². The van der Waals surface area contributed by atoms with Gasteiger partial charge in [-0.25, -0.2) is 0 Å². The molecule has 0 fully saturated rings. The topological polar surface area (TPSA) is 12.0 Å². The highest BCUT2D eigenvalue weighted by Gasteiger charge is 2.32. The van der Waals surface area contributed by atoms with Gasteiger partial charge in [0.25, 0.3) is 0 Å². The molecule has 0 aromatic heterocycles. The van der Waals surface area contributed by atoms with E-state index in [1.165, 1.54) is 12.1 Å². The van der Waals surface area contributed by atoms with Crippen molar-refractivity contribution in [2.24, 2.45) is 0 Å². The minimum Gasteiger partial charge on any atom is -0.317 e. The van der Waals surface area contributed by atoms with Crippen molar-refractivity contribution < 1.29 is 13.2 Å². The molecule has 1 nitrogen and oxygen atoms in total. The minimum atomic E-state index is -4.27. The van der Waals surface area contributed by atoms with E-state index < -0.39 is 11.7 Å². The third-order valence-electron chi connectivity index (χ3n) is 3.15. The summed E-state index contributed by atoms with van der Waals surface area (Å²) in [6.07, 6.45) is -3.46. The van der Waals surface area contributed by atoms with Gasteiger partial charge in [0, 0.05) is 0 Å². The molecule has 1 N–H and O–H groups in total. The lowest BCUT2D eigenvalue weighted by atomic mass is 9.81. The molecule has 102 valence electrons. The molecular weight excluding hydrogens is 239 g/mol. The molecule has 0 heterocycles. The van der Waals surface area contributed by atoms with Crippen molar-refractivity contribution in [2.45, 2.75) is 38.8 Å². The molecule has 0 spiro atoms. The molecule has 0 radical (unpaired) electrons. The number of hydrogen-bond donors (Lipinski definition) is 1. The normalized spacial score (nSPS) is 12.8. The van der Waals surface area contributed by atoms with E-state index in [1.807, 2.05) is 20.8 Å². The van der Waals surface area contributed by atoms with Crippen LogP contribution in [0.3, 0.4) is 0 Å². The molecule has 4 heteroatoms. The first-order valence-electron chi connectivity index (χ1n) is 6.16. The molecule has 0 bridgehead atoms. The van der Waals surface area contributed by atoms with Crippen molar-refractivity contribution >= 4 is 0 Å². The van der Waals surface area contributed by atoms with Crippen LogP contribution in [0.25, 0.3) is 0 Å². The van der Waals surface area contributed by atoms with E-state index in [-0.39, 0.29) is 5.41 Å². The highest BCUT2D eigenvalue weighted by molar-refractivity contribution is 5.30. The Morgan fingerprint density at radius 2 is 1.72 bits per heavy atom. The van der Waals surface area contributed by atoms with Gasteiger partial charge in [-0.2, -0.15) is 13.2 Å². The molecule has 0 amide bonds. The van der Waals surface area contributed by atoms with Gasteiger partial charge in [-0.3, -0.25) is 0 Å². The second-order valence-corrected chi connectivity index (χ2v) is 5.07. The van der Waals surface area contributed by atoms with E-state index in [0.29, 0.717) is 0 Å². The van der Waals surface area contributed by atoms with Crippen LogP contribution in [0.2, 0.25) is 0 Å². The lowest BCUT2D eigenvalue weighted by molar-refractivity contribution is -0.137. The first-order valence-corrected chi connectivity index (χ1v) is 6.16. The van der Waals surface area contributed by atoms with E-state index in [9.17, 15) is 13.2 Å². The number of nitrogens with one attached hydrogen (secondary N) is 1. The average Bonchev–Trinajstić information content (AvgIpc) is 2.28. The molecule has 0 aliphatic rings. The lowest BCUT2D eigenvalue weighted by Crippen LogP contribution is -2.25. The molecule has 0 aliphatic heterocycles. The number of rotatable bonds is 5. The Bertz CT molecular complexity index is 383. The van der Waals surface area contributed by atoms with Gasteiger partial charge >= 0.3 is 6.18 Å². The third kappa shape index (κ3) is 4.02. The Labute approximate surface area is 106 Å². The predicted molar refractivity (Wildman–Crippen MR) is 67.6 cm³/mol. The number of hydrogen-bond acceptors (Lipinski definition) is 1. The summed E-state index contributed by atoms with van der Waals surface area (Å²) in [6, 6.07) is 5.62. The Kier molecular flexibility index (Phi) is 4.79. The molecule has 1 aromatic carbocycles. The first-order chi connectivity index (χ1) is 8.27. The van der Waals surface area contributed by atoms with Gasteiger partial charge in [0.15, 0.2) is 0 Å². The molecular formula is C14H20F3N. The standard InChI is InChI=1S/C14H20F3N/c1-4-18-9-8-13(2,3)11-6-5-7-12(10-11)14(15,16)17/h5-7,10,18H,4,8-9H2,1-3H3. The Morgan fingerprint density at radius 3 is 2.28 bits per heavy atom. The fraction of sp³-hybridized carbons (Fsp3) is 0.571. The third-order valence-corrected chi connectivity index (χ3v) is 3.15. The summed E-state index contributed by atoms with van der Waals surface area (Å²) in [5.41, 5.74) is -0.101. The Balaban J connectivity index is 2.88. The SMILES string of the molecule is CCNCCC(C)(C)c1cccc(C(F)(F)F)c1. The van der Waals surface area contributed by atoms with Crippen molar-refractivity contribution in [1.29, 1.82) is 0 Å². The molecule has 18 heavy (non-hydrogen) atoms. The van der Waals surface area contributed by atoms with Gasteiger partial charge in [0.2, 0.25) is 0 Å². The quantitative estimate of drug-likeness (QED) is 0.789. The van der Waals surface area contributed by atoms with Crippen molar-refractivity contribution in [3.63, 3.8) is 0 Å². The van der Waals surface area contributed by atoms with Crippen LogP contribution in [-0.4, -0.2) is 13.1 Å². The molecule has 0 atom stereocenters. The van der Waals surface area contributed by atoms with Crippen LogP contribution in [0.4, 0.5) is 13.2 Å². The van der Waals surface area contributed by atoms with E-state index in [0.717, 1.165) is 31.1 Å². The van der Waals surface area contributed by atoms with E-state index >= 15 is 0 Å². The number of benzene rings is 1. The summed E-state index contributed by atoms with van der Waals surface area (Å²) in [7, 11) is 0. The van der Waals surface area contributed by atoms with E-state index in [2.05, 4.69) is 5.32 Å². The Hall–Kier alpha value is -1.03. The summed E-state index contributed by atoms with van der Waals surface area (Å²) in [4.78, 5) is 0. The zero-order valence-corrected chi connectivity index (χ0v) is 11.1. The van der Waals surface area contributed by atoms with Crippen LogP contribution < -0.4 is 5.32 Å². The van der Waals surface area contributed by atoms with Crippen LogP contribution in [0.15, 0.2) is 24.3 Å². The minimum absolute atomic E-state index is 0.260. The molecule has 0 saturated heterocycles. The van der Waals surface area contributed by atoms with Crippen LogP contribution in [0.1, 0.15) is 38.3 Å². The average molecular weight is 259 g/mol. The van der Waals surface area contributed by atoms with Crippen molar-refractivity contribution in [2.75, 3.05) is 13.1 Å². The fourth-order valence-electron chi connectivity index (χ4n) is 1.84. The Morgan fingerprint density at radius 1 is 1.11 bits per heavy atom. The van der Waals surface area contributed by atoms with E-state index in [4.69, 9.17) is 0 Å². The smallest absolute Gasteiger partial charge is 0.317 e. The fourth-order valence-corrected chi connectivity index (χ4v) is 1.84. The maximum absolute atomic E-state index is 12.7. The first kappa shape index (κ1) is 15.0. The molecule has 1 rings (SSSR count). The summed E-state index contributed by atoms with van der Waals surface area (Å²) in [5, 5.41) is 3.20. The highest BCUT2D eigenvalue weighted by atomic mass is 19.4. The van der Waals surface area contributed by atoms with Gasteiger partial charge in [0.05, 0.1) is 5.56 Å². The second-order valence-electron chi connectivity index (χ2n) is 5.07. The molecule has 0 unspecified atom stereocenters. The van der Waals surface area contributed by atoms with Gasteiger partial charge in [-0.15, -0.1) is 0 Å². The number of alkyl halides is 3. The molecule has 0 aliphatic carbocycles. The number of halogens is 3. The van der Waals surface area contributed by atoms with Crippen LogP contribution in [0.5, 0.6) is 0 Å². The molecule has 1 aromatic rings. The van der Waals surface area contributed by atoms with Crippen molar-refractivity contribution in [3.8, 4) is 0 Å². The second kappa shape index (κ2) is 5.74. The van der Waals surface area contributed by atoms with E-state index in [1.54, 1.807) is 6.07 Å². The summed E-state index contributed by atoms with van der Waals surface area (Å²) in [6.45, 7) is 7.63. The van der Waals surface area contributed by atoms with Gasteiger partial charge in [0.1, 0.15) is 0 Å². The van der Waals surface area contributed by atoms with Gasteiger partial charge in [-0.1, -0.05) is 39.0 Å². The summed E-state index contributed by atoms with van der Waals surface area (Å²) < 4.78 is 38.0. The zero-order chi connectivity index (χ0) is 13.8. The maximum Gasteiger partial charge on any atom is 0.416 e.